The van der Waals surface area contributed by atoms with Crippen LogP contribution in [0.1, 0.15) is 61.9 Å². The maximum absolute atomic E-state index is 11.9. The Morgan fingerprint density at radius 1 is 1.37 bits per heavy atom. The summed E-state index contributed by atoms with van der Waals surface area (Å²) < 4.78 is 11.7. The number of fused-ring (bicyclic) bond motifs is 1. The minimum atomic E-state index is 0.0278. The normalized spacial score (nSPS) is 19.5. The number of ether oxygens (including phenoxy) is 2. The van der Waals surface area contributed by atoms with Gasteiger partial charge < -0.3 is 14.8 Å². The topological polar surface area (TPSA) is 67.9 Å². The Kier molecular flexibility index (Phi) is 6.72. The quantitative estimate of drug-likeness (QED) is 0.709. The molecular weight excluding hydrogens is 344 g/mol. The van der Waals surface area contributed by atoms with Gasteiger partial charge >= 0.3 is 0 Å². The molecule has 3 rings (SSSR count). The largest absolute Gasteiger partial charge is 0.493 e. The van der Waals surface area contributed by atoms with E-state index in [9.17, 15) is 9.59 Å². The van der Waals surface area contributed by atoms with E-state index in [-0.39, 0.29) is 24.5 Å². The molecule has 2 heterocycles. The third kappa shape index (κ3) is 4.80. The monoisotopic (exact) mass is 374 g/mol. The van der Waals surface area contributed by atoms with Crippen LogP contribution in [0.2, 0.25) is 0 Å². The lowest BCUT2D eigenvalue weighted by Gasteiger charge is -2.35. The van der Waals surface area contributed by atoms with Gasteiger partial charge in [-0.3, -0.25) is 14.5 Å². The molecular formula is C21H30N2O4. The third-order valence-electron chi connectivity index (χ3n) is 5.20. The van der Waals surface area contributed by atoms with Crippen molar-refractivity contribution in [2.75, 3.05) is 26.3 Å². The maximum Gasteiger partial charge on any atom is 0.218 e. The SMILES string of the molecule is CCCc1c(OCCCN2CCCCC2NC(C)=O)ccc2c1OCC2=O. The van der Waals surface area contributed by atoms with Gasteiger partial charge in [0, 0.05) is 25.6 Å². The molecule has 2 aliphatic rings. The summed E-state index contributed by atoms with van der Waals surface area (Å²) in [5, 5.41) is 3.05. The zero-order valence-electron chi connectivity index (χ0n) is 16.4. The number of Topliss-reactive ketones (excluding diaryl/α,β-unsaturated/α-hetero) is 1. The molecule has 2 aliphatic heterocycles. The molecule has 0 saturated carbocycles. The highest BCUT2D eigenvalue weighted by molar-refractivity contribution is 6.03. The van der Waals surface area contributed by atoms with Crippen LogP contribution in [0.3, 0.4) is 0 Å². The first-order valence-corrected chi connectivity index (χ1v) is 10.1. The van der Waals surface area contributed by atoms with E-state index in [0.717, 1.165) is 56.5 Å². The van der Waals surface area contributed by atoms with E-state index >= 15 is 0 Å². The van der Waals surface area contributed by atoms with E-state index in [2.05, 4.69) is 17.1 Å². The lowest BCUT2D eigenvalue weighted by Crippen LogP contribution is -2.50. The van der Waals surface area contributed by atoms with Crippen LogP contribution < -0.4 is 14.8 Å². The van der Waals surface area contributed by atoms with Crippen LogP contribution >= 0.6 is 0 Å². The van der Waals surface area contributed by atoms with Gasteiger partial charge in [-0.2, -0.15) is 0 Å². The number of piperidine rings is 1. The fourth-order valence-electron chi connectivity index (χ4n) is 3.94. The van der Waals surface area contributed by atoms with Crippen molar-refractivity contribution < 1.29 is 19.1 Å². The molecule has 1 N–H and O–H groups in total. The van der Waals surface area contributed by atoms with E-state index in [4.69, 9.17) is 9.47 Å². The number of nitrogens with zero attached hydrogens (tertiary/aromatic N) is 1. The second-order valence-corrected chi connectivity index (χ2v) is 7.33. The predicted octanol–water partition coefficient (Wildman–Crippen LogP) is 2.93. The van der Waals surface area contributed by atoms with Gasteiger partial charge in [0.2, 0.25) is 11.7 Å². The van der Waals surface area contributed by atoms with Gasteiger partial charge in [-0.15, -0.1) is 0 Å². The molecule has 1 aromatic rings. The van der Waals surface area contributed by atoms with Gasteiger partial charge in [-0.1, -0.05) is 13.3 Å². The fourth-order valence-corrected chi connectivity index (χ4v) is 3.94. The average molecular weight is 374 g/mol. The smallest absolute Gasteiger partial charge is 0.218 e. The summed E-state index contributed by atoms with van der Waals surface area (Å²) in [6.07, 6.45) is 6.18. The highest BCUT2D eigenvalue weighted by atomic mass is 16.5. The minimum Gasteiger partial charge on any atom is -0.493 e. The lowest BCUT2D eigenvalue weighted by atomic mass is 10.0. The summed E-state index contributed by atoms with van der Waals surface area (Å²) in [5.74, 6) is 1.60. The van der Waals surface area contributed by atoms with Crippen LogP contribution in [0.5, 0.6) is 11.5 Å². The van der Waals surface area contributed by atoms with Crippen LogP contribution in [-0.4, -0.2) is 49.1 Å². The number of hydrogen-bond acceptors (Lipinski definition) is 5. The predicted molar refractivity (Wildman–Crippen MR) is 103 cm³/mol. The number of rotatable bonds is 8. The molecule has 1 atom stereocenters. The lowest BCUT2D eigenvalue weighted by molar-refractivity contribution is -0.121. The molecule has 0 radical (unpaired) electrons. The molecule has 1 amide bonds. The number of ketones is 1. The summed E-state index contributed by atoms with van der Waals surface area (Å²) in [5.41, 5.74) is 1.69. The van der Waals surface area contributed by atoms with Crippen LogP contribution in [0, 0.1) is 0 Å². The Morgan fingerprint density at radius 2 is 2.22 bits per heavy atom. The molecule has 1 unspecified atom stereocenters. The summed E-state index contributed by atoms with van der Waals surface area (Å²) >= 11 is 0. The van der Waals surface area contributed by atoms with Crippen molar-refractivity contribution in [3.05, 3.63) is 23.3 Å². The van der Waals surface area contributed by atoms with Gasteiger partial charge in [0.1, 0.15) is 11.5 Å². The highest BCUT2D eigenvalue weighted by Crippen LogP contribution is 2.37. The zero-order chi connectivity index (χ0) is 19.2. The van der Waals surface area contributed by atoms with Gasteiger partial charge in [0.15, 0.2) is 6.61 Å². The number of nitrogens with one attached hydrogen (secondary N) is 1. The van der Waals surface area contributed by atoms with Crippen molar-refractivity contribution in [3.63, 3.8) is 0 Å². The molecule has 0 spiro atoms. The molecule has 0 aliphatic carbocycles. The molecule has 6 nitrogen and oxygen atoms in total. The molecule has 1 saturated heterocycles. The van der Waals surface area contributed by atoms with Gasteiger partial charge in [-0.05, 0) is 44.2 Å². The molecule has 0 aromatic heterocycles. The third-order valence-corrected chi connectivity index (χ3v) is 5.20. The molecule has 0 bridgehead atoms. The summed E-state index contributed by atoms with van der Waals surface area (Å²) in [7, 11) is 0. The van der Waals surface area contributed by atoms with Crippen molar-refractivity contribution >= 4 is 11.7 Å². The fraction of sp³-hybridized carbons (Fsp3) is 0.619. The Balaban J connectivity index is 1.56. The van der Waals surface area contributed by atoms with E-state index in [1.54, 1.807) is 6.92 Å². The Morgan fingerprint density at radius 3 is 3.00 bits per heavy atom. The van der Waals surface area contributed by atoms with E-state index in [1.807, 2.05) is 12.1 Å². The standard InChI is InChI=1S/C21H30N2O4/c1-3-7-17-19(10-9-16-18(25)14-27-21(16)17)26-13-6-12-23-11-5-4-8-20(23)22-15(2)24/h9-10,20H,3-8,11-14H2,1-2H3,(H,22,24). The van der Waals surface area contributed by atoms with Crippen molar-refractivity contribution in [2.24, 2.45) is 0 Å². The van der Waals surface area contributed by atoms with Gasteiger partial charge in [0.05, 0.1) is 18.3 Å². The molecule has 6 heteroatoms. The second-order valence-electron chi connectivity index (χ2n) is 7.33. The molecule has 1 fully saturated rings. The first-order chi connectivity index (χ1) is 13.1. The van der Waals surface area contributed by atoms with Crippen molar-refractivity contribution in [2.45, 2.75) is 58.5 Å². The first kappa shape index (κ1) is 19.7. The summed E-state index contributed by atoms with van der Waals surface area (Å²) in [6, 6.07) is 3.72. The van der Waals surface area contributed by atoms with Crippen LogP contribution in [0.25, 0.3) is 0 Å². The molecule has 148 valence electrons. The van der Waals surface area contributed by atoms with E-state index in [1.165, 1.54) is 6.42 Å². The summed E-state index contributed by atoms with van der Waals surface area (Å²) in [6.45, 7) is 6.33. The number of carbonyl (C=O) groups excluding carboxylic acids is 2. The van der Waals surface area contributed by atoms with Gasteiger partial charge in [-0.25, -0.2) is 0 Å². The minimum absolute atomic E-state index is 0.0278. The Bertz CT molecular complexity index is 689. The van der Waals surface area contributed by atoms with E-state index in [0.29, 0.717) is 17.9 Å². The molecule has 27 heavy (non-hydrogen) atoms. The zero-order valence-corrected chi connectivity index (χ0v) is 16.4. The van der Waals surface area contributed by atoms with Crippen molar-refractivity contribution in [1.82, 2.24) is 10.2 Å². The number of carbonyl (C=O) groups is 2. The average Bonchev–Trinajstić information content (AvgIpc) is 3.02. The van der Waals surface area contributed by atoms with Crippen LogP contribution in [0.4, 0.5) is 0 Å². The van der Waals surface area contributed by atoms with E-state index < -0.39 is 0 Å². The number of hydrogen-bond donors (Lipinski definition) is 1. The number of benzene rings is 1. The first-order valence-electron chi connectivity index (χ1n) is 10.1. The Hall–Kier alpha value is -2.08. The summed E-state index contributed by atoms with van der Waals surface area (Å²) in [4.78, 5) is 25.6. The maximum atomic E-state index is 11.9. The van der Waals surface area contributed by atoms with Crippen LogP contribution in [-0.2, 0) is 11.2 Å². The molecule has 1 aromatic carbocycles. The van der Waals surface area contributed by atoms with Crippen molar-refractivity contribution in [3.8, 4) is 11.5 Å². The highest BCUT2D eigenvalue weighted by Gasteiger charge is 2.26. The number of amides is 1. The van der Waals surface area contributed by atoms with Gasteiger partial charge in [0.25, 0.3) is 0 Å². The number of likely N-dealkylation sites (tertiary alicyclic amines) is 1. The second kappa shape index (κ2) is 9.22. The Labute approximate surface area is 161 Å². The van der Waals surface area contributed by atoms with Crippen molar-refractivity contribution in [1.29, 1.82) is 0 Å². The van der Waals surface area contributed by atoms with Crippen LogP contribution in [0.15, 0.2) is 12.1 Å².